The summed E-state index contributed by atoms with van der Waals surface area (Å²) in [6, 6.07) is 0. The highest BCUT2D eigenvalue weighted by atomic mass is 79.9. The Morgan fingerprint density at radius 1 is 1.44 bits per heavy atom. The van der Waals surface area contributed by atoms with E-state index in [9.17, 15) is 4.79 Å². The minimum absolute atomic E-state index is 0.0721. The van der Waals surface area contributed by atoms with E-state index in [1.165, 1.54) is 18.7 Å². The van der Waals surface area contributed by atoms with Crippen LogP contribution in [0.15, 0.2) is 18.7 Å². The van der Waals surface area contributed by atoms with E-state index in [1.807, 2.05) is 0 Å². The molecule has 0 radical (unpaired) electrons. The fourth-order valence-electron chi connectivity index (χ4n) is 1.21. The zero-order chi connectivity index (χ0) is 11.8. The second-order valence-electron chi connectivity index (χ2n) is 3.10. The molecular formula is C10H14BrN3O2. The van der Waals surface area contributed by atoms with E-state index in [4.69, 9.17) is 4.74 Å². The average molecular weight is 288 g/mol. The van der Waals surface area contributed by atoms with Crippen molar-refractivity contribution in [1.82, 2.24) is 14.9 Å². The molecule has 88 valence electrons. The van der Waals surface area contributed by atoms with Gasteiger partial charge >= 0.3 is 0 Å². The van der Waals surface area contributed by atoms with E-state index < -0.39 is 0 Å². The second-order valence-corrected chi connectivity index (χ2v) is 3.89. The van der Waals surface area contributed by atoms with E-state index in [-0.39, 0.29) is 5.91 Å². The summed E-state index contributed by atoms with van der Waals surface area (Å²) >= 11 is 3.32. The van der Waals surface area contributed by atoms with Gasteiger partial charge in [-0.2, -0.15) is 0 Å². The van der Waals surface area contributed by atoms with Crippen molar-refractivity contribution in [2.75, 3.05) is 32.1 Å². The van der Waals surface area contributed by atoms with Gasteiger partial charge in [0, 0.05) is 37.9 Å². The molecule has 0 atom stereocenters. The largest absolute Gasteiger partial charge is 0.383 e. The zero-order valence-corrected chi connectivity index (χ0v) is 10.7. The lowest BCUT2D eigenvalue weighted by atomic mass is 10.3. The second kappa shape index (κ2) is 7.29. The smallest absolute Gasteiger partial charge is 0.257 e. The van der Waals surface area contributed by atoms with Gasteiger partial charge in [0.25, 0.3) is 5.91 Å². The summed E-state index contributed by atoms with van der Waals surface area (Å²) < 4.78 is 4.96. The number of halogens is 1. The first-order valence-electron chi connectivity index (χ1n) is 4.88. The SMILES string of the molecule is COCCN(CCBr)C(=O)c1cncnc1. The Kier molecular flexibility index (Phi) is 5.95. The minimum atomic E-state index is -0.0721. The zero-order valence-electron chi connectivity index (χ0n) is 9.10. The number of carbonyl (C=O) groups excluding carboxylic acids is 1. The molecule has 0 saturated heterocycles. The van der Waals surface area contributed by atoms with Gasteiger partial charge in [0.15, 0.2) is 0 Å². The number of nitrogens with zero attached hydrogens (tertiary/aromatic N) is 3. The Morgan fingerprint density at radius 3 is 2.69 bits per heavy atom. The molecule has 0 fully saturated rings. The van der Waals surface area contributed by atoms with Crippen LogP contribution >= 0.6 is 15.9 Å². The topological polar surface area (TPSA) is 55.3 Å². The van der Waals surface area contributed by atoms with Gasteiger partial charge in [0.2, 0.25) is 0 Å². The highest BCUT2D eigenvalue weighted by Gasteiger charge is 2.14. The number of aromatic nitrogens is 2. The summed E-state index contributed by atoms with van der Waals surface area (Å²) in [6.45, 7) is 1.72. The molecule has 0 aliphatic rings. The van der Waals surface area contributed by atoms with Gasteiger partial charge in [0.1, 0.15) is 6.33 Å². The highest BCUT2D eigenvalue weighted by molar-refractivity contribution is 9.09. The van der Waals surface area contributed by atoms with Crippen LogP contribution in [0, 0.1) is 0 Å². The third-order valence-corrected chi connectivity index (χ3v) is 2.37. The number of rotatable bonds is 6. The van der Waals surface area contributed by atoms with Crippen LogP contribution in [0.25, 0.3) is 0 Å². The summed E-state index contributed by atoms with van der Waals surface area (Å²) in [5.41, 5.74) is 0.500. The molecule has 0 saturated carbocycles. The predicted molar refractivity (Wildman–Crippen MR) is 63.6 cm³/mol. The van der Waals surface area contributed by atoms with E-state index in [0.29, 0.717) is 25.3 Å². The Morgan fingerprint density at radius 2 is 2.12 bits per heavy atom. The molecule has 0 spiro atoms. The maximum atomic E-state index is 12.0. The lowest BCUT2D eigenvalue weighted by Gasteiger charge is -2.20. The van der Waals surface area contributed by atoms with Crippen molar-refractivity contribution in [3.8, 4) is 0 Å². The molecule has 1 aromatic heterocycles. The van der Waals surface area contributed by atoms with Crippen LogP contribution in [0.3, 0.4) is 0 Å². The quantitative estimate of drug-likeness (QED) is 0.732. The van der Waals surface area contributed by atoms with Gasteiger partial charge in [-0.1, -0.05) is 15.9 Å². The van der Waals surface area contributed by atoms with Crippen molar-refractivity contribution in [2.24, 2.45) is 0 Å². The molecule has 0 N–H and O–H groups in total. The normalized spacial score (nSPS) is 10.1. The molecule has 0 bridgehead atoms. The first-order chi connectivity index (χ1) is 7.79. The molecule has 1 amide bonds. The molecule has 6 heteroatoms. The standard InChI is InChI=1S/C10H14BrN3O2/c1-16-5-4-14(3-2-11)10(15)9-6-12-8-13-7-9/h6-8H,2-5H2,1H3. The average Bonchev–Trinajstić information content (AvgIpc) is 2.35. The maximum absolute atomic E-state index is 12.0. The number of carbonyl (C=O) groups is 1. The lowest BCUT2D eigenvalue weighted by Crippen LogP contribution is -2.35. The van der Waals surface area contributed by atoms with Crippen molar-refractivity contribution < 1.29 is 9.53 Å². The summed E-state index contributed by atoms with van der Waals surface area (Å²) in [4.78, 5) is 21.4. The van der Waals surface area contributed by atoms with Gasteiger partial charge in [-0.05, 0) is 0 Å². The molecule has 0 unspecified atom stereocenters. The monoisotopic (exact) mass is 287 g/mol. The molecule has 1 rings (SSSR count). The van der Waals surface area contributed by atoms with Crippen LogP contribution in [-0.4, -0.2) is 52.9 Å². The van der Waals surface area contributed by atoms with E-state index >= 15 is 0 Å². The predicted octanol–water partition coefficient (Wildman–Crippen LogP) is 0.960. The van der Waals surface area contributed by atoms with E-state index in [1.54, 1.807) is 12.0 Å². The van der Waals surface area contributed by atoms with Crippen molar-refractivity contribution in [1.29, 1.82) is 0 Å². The third kappa shape index (κ3) is 3.86. The van der Waals surface area contributed by atoms with Crippen LogP contribution in [0.2, 0.25) is 0 Å². The van der Waals surface area contributed by atoms with E-state index in [0.717, 1.165) is 5.33 Å². The number of hydrogen-bond acceptors (Lipinski definition) is 4. The van der Waals surface area contributed by atoms with Crippen molar-refractivity contribution in [3.05, 3.63) is 24.3 Å². The summed E-state index contributed by atoms with van der Waals surface area (Å²) in [5, 5.41) is 0.732. The Balaban J connectivity index is 2.67. The Hall–Kier alpha value is -1.01. The van der Waals surface area contributed by atoms with Crippen LogP contribution in [0.1, 0.15) is 10.4 Å². The van der Waals surface area contributed by atoms with Crippen molar-refractivity contribution >= 4 is 21.8 Å². The highest BCUT2D eigenvalue weighted by Crippen LogP contribution is 2.02. The lowest BCUT2D eigenvalue weighted by molar-refractivity contribution is 0.0708. The fourth-order valence-corrected chi connectivity index (χ4v) is 1.64. The van der Waals surface area contributed by atoms with Gasteiger partial charge in [-0.3, -0.25) is 4.79 Å². The molecular weight excluding hydrogens is 274 g/mol. The molecule has 1 heterocycles. The Labute approximate surface area is 103 Å². The van der Waals surface area contributed by atoms with Crippen LogP contribution < -0.4 is 0 Å². The molecule has 0 aliphatic carbocycles. The summed E-state index contributed by atoms with van der Waals surface area (Å²) in [7, 11) is 1.61. The summed E-state index contributed by atoms with van der Waals surface area (Å²) in [5.74, 6) is -0.0721. The molecule has 0 aromatic carbocycles. The molecule has 5 nitrogen and oxygen atoms in total. The van der Waals surface area contributed by atoms with Gasteiger partial charge in [-0.25, -0.2) is 9.97 Å². The number of alkyl halides is 1. The van der Waals surface area contributed by atoms with Crippen LogP contribution in [0.4, 0.5) is 0 Å². The van der Waals surface area contributed by atoms with Gasteiger partial charge in [0.05, 0.1) is 12.2 Å². The first-order valence-corrected chi connectivity index (χ1v) is 6.01. The molecule has 1 aromatic rings. The number of hydrogen-bond donors (Lipinski definition) is 0. The van der Waals surface area contributed by atoms with Crippen molar-refractivity contribution in [3.63, 3.8) is 0 Å². The van der Waals surface area contributed by atoms with Crippen LogP contribution in [-0.2, 0) is 4.74 Å². The van der Waals surface area contributed by atoms with Crippen LogP contribution in [0.5, 0.6) is 0 Å². The number of methoxy groups -OCH3 is 1. The molecule has 16 heavy (non-hydrogen) atoms. The maximum Gasteiger partial charge on any atom is 0.257 e. The van der Waals surface area contributed by atoms with Crippen molar-refractivity contribution in [2.45, 2.75) is 0 Å². The summed E-state index contributed by atoms with van der Waals surface area (Å²) in [6.07, 6.45) is 4.44. The fraction of sp³-hybridized carbons (Fsp3) is 0.500. The number of ether oxygens (including phenoxy) is 1. The number of amides is 1. The molecule has 0 aliphatic heterocycles. The third-order valence-electron chi connectivity index (χ3n) is 2.01. The van der Waals surface area contributed by atoms with E-state index in [2.05, 4.69) is 25.9 Å². The minimum Gasteiger partial charge on any atom is -0.383 e. The van der Waals surface area contributed by atoms with Gasteiger partial charge < -0.3 is 9.64 Å². The van der Waals surface area contributed by atoms with Gasteiger partial charge in [-0.15, -0.1) is 0 Å². The first kappa shape index (κ1) is 13.1. The Bertz CT molecular complexity index is 321.